The van der Waals surface area contributed by atoms with E-state index in [9.17, 15) is 4.79 Å². The van der Waals surface area contributed by atoms with Crippen LogP contribution in [0.5, 0.6) is 5.75 Å². The predicted octanol–water partition coefficient (Wildman–Crippen LogP) is 6.64. The summed E-state index contributed by atoms with van der Waals surface area (Å²) in [5.74, 6) is 0.622. The van der Waals surface area contributed by atoms with Crippen molar-refractivity contribution in [1.29, 1.82) is 0 Å². The van der Waals surface area contributed by atoms with E-state index >= 15 is 0 Å². The summed E-state index contributed by atoms with van der Waals surface area (Å²) in [6.07, 6.45) is 1.99. The molecule has 202 valence electrons. The topological polar surface area (TPSA) is 67.8 Å². The van der Waals surface area contributed by atoms with Gasteiger partial charge in [0.25, 0.3) is 0 Å². The van der Waals surface area contributed by atoms with E-state index in [0.717, 1.165) is 41.8 Å². The van der Waals surface area contributed by atoms with E-state index in [1.807, 2.05) is 53.8 Å². The van der Waals surface area contributed by atoms with Crippen LogP contribution in [0, 0.1) is 27.7 Å². The molecule has 1 amide bonds. The number of fused-ring (bicyclic) bond motifs is 2. The van der Waals surface area contributed by atoms with Crippen molar-refractivity contribution in [2.75, 3.05) is 32.1 Å². The Morgan fingerprint density at radius 2 is 1.65 bits per heavy atom. The minimum Gasteiger partial charge on any atom is -0.494 e. The summed E-state index contributed by atoms with van der Waals surface area (Å²) in [4.78, 5) is 25.0. The van der Waals surface area contributed by atoms with Gasteiger partial charge in [-0.3, -0.25) is 4.90 Å². The number of piperidine rings is 1. The molecule has 0 N–H and O–H groups in total. The number of carbonyl (C=O) groups is 1. The second kappa shape index (κ2) is 13.9. The lowest BCUT2D eigenvalue weighted by Crippen LogP contribution is -2.48. The zero-order valence-corrected chi connectivity index (χ0v) is 24.3. The van der Waals surface area contributed by atoms with Crippen molar-refractivity contribution in [3.63, 3.8) is 0 Å². The van der Waals surface area contributed by atoms with E-state index in [2.05, 4.69) is 53.8 Å². The summed E-state index contributed by atoms with van der Waals surface area (Å²) in [6, 6.07) is 10.2. The number of hydrogen-bond donors (Lipinski definition) is 0. The van der Waals surface area contributed by atoms with Crippen LogP contribution in [0.25, 0.3) is 10.9 Å². The molecule has 2 unspecified atom stereocenters. The Labute approximate surface area is 222 Å². The normalized spacial score (nSPS) is 18.3. The van der Waals surface area contributed by atoms with Gasteiger partial charge in [-0.1, -0.05) is 45.9 Å². The fourth-order valence-electron chi connectivity index (χ4n) is 4.52. The molecule has 7 nitrogen and oxygen atoms in total. The number of rotatable bonds is 2. The molecule has 3 aromatic rings. The summed E-state index contributed by atoms with van der Waals surface area (Å²) < 4.78 is 11.1. The van der Waals surface area contributed by atoms with Gasteiger partial charge in [0.2, 0.25) is 0 Å². The highest BCUT2D eigenvalue weighted by Crippen LogP contribution is 2.39. The monoisotopic (exact) mass is 508 g/mol. The van der Waals surface area contributed by atoms with Crippen LogP contribution in [-0.2, 0) is 4.74 Å². The van der Waals surface area contributed by atoms with Crippen molar-refractivity contribution < 1.29 is 14.3 Å². The Kier molecular flexibility index (Phi) is 11.3. The zero-order chi connectivity index (χ0) is 27.7. The molecule has 3 heterocycles. The van der Waals surface area contributed by atoms with Gasteiger partial charge in [-0.05, 0) is 63.9 Å². The Bertz CT molecular complexity index is 1160. The highest BCUT2D eigenvalue weighted by Gasteiger charge is 2.46. The molecule has 2 atom stereocenters. The van der Waals surface area contributed by atoms with E-state index in [1.165, 1.54) is 23.0 Å². The fourth-order valence-corrected chi connectivity index (χ4v) is 4.52. The van der Waals surface area contributed by atoms with Gasteiger partial charge in [0.1, 0.15) is 18.2 Å². The van der Waals surface area contributed by atoms with Crippen molar-refractivity contribution in [1.82, 2.24) is 14.9 Å². The van der Waals surface area contributed by atoms with E-state index in [-0.39, 0.29) is 18.2 Å². The lowest BCUT2D eigenvalue weighted by molar-refractivity contribution is 0.0820. The van der Waals surface area contributed by atoms with Crippen molar-refractivity contribution >= 4 is 22.7 Å². The molecular weight excluding hydrogens is 464 g/mol. The fraction of sp³-hybridized carbons (Fsp3) is 0.500. The number of benzene rings is 2. The number of carbonyl (C=O) groups excluding carboxylic acids is 1. The van der Waals surface area contributed by atoms with Gasteiger partial charge in [-0.15, -0.1) is 0 Å². The minimum atomic E-state index is -0.313. The molecule has 2 saturated heterocycles. The number of aromatic nitrogens is 2. The Balaban J connectivity index is 0.000000311. The molecule has 5 rings (SSSR count). The quantitative estimate of drug-likeness (QED) is 0.386. The predicted molar refractivity (Wildman–Crippen MR) is 153 cm³/mol. The molecule has 1 aromatic heterocycles. The highest BCUT2D eigenvalue weighted by molar-refractivity contribution is 5.97. The summed E-state index contributed by atoms with van der Waals surface area (Å²) in [6.45, 7) is 18.1. The second-order valence-electron chi connectivity index (χ2n) is 8.93. The molecule has 0 spiro atoms. The van der Waals surface area contributed by atoms with E-state index < -0.39 is 0 Å². The second-order valence-corrected chi connectivity index (χ2v) is 8.93. The SMILES string of the molecule is CC.CC.COc1cc2ncnc(C)c2cc1N1C(=O)OC2CN(C)CCC21.Cc1cccc(C)c1C. The molecule has 0 bridgehead atoms. The first-order valence-electron chi connectivity index (χ1n) is 13.3. The van der Waals surface area contributed by atoms with Crippen LogP contribution >= 0.6 is 0 Å². The lowest BCUT2D eigenvalue weighted by atomic mass is 10.0. The summed E-state index contributed by atoms with van der Waals surface area (Å²) in [7, 11) is 3.65. The zero-order valence-electron chi connectivity index (χ0n) is 24.3. The van der Waals surface area contributed by atoms with Gasteiger partial charge in [-0.2, -0.15) is 0 Å². The number of likely N-dealkylation sites (N-methyl/N-ethyl adjacent to an activating group) is 1. The number of hydrogen-bond acceptors (Lipinski definition) is 6. The molecule has 0 radical (unpaired) electrons. The molecule has 37 heavy (non-hydrogen) atoms. The number of ether oxygens (including phenoxy) is 2. The number of aryl methyl sites for hydroxylation is 3. The summed E-state index contributed by atoms with van der Waals surface area (Å²) in [5, 5.41) is 0.914. The number of anilines is 1. The van der Waals surface area contributed by atoms with Crippen molar-refractivity contribution in [2.24, 2.45) is 0 Å². The number of nitrogens with zero attached hydrogens (tertiary/aromatic N) is 4. The van der Waals surface area contributed by atoms with Gasteiger partial charge in [0.05, 0.1) is 24.4 Å². The third-order valence-corrected chi connectivity index (χ3v) is 6.78. The Morgan fingerprint density at radius 1 is 1.00 bits per heavy atom. The van der Waals surface area contributed by atoms with Gasteiger partial charge in [-0.25, -0.2) is 14.8 Å². The van der Waals surface area contributed by atoms with Crippen LogP contribution in [0.1, 0.15) is 56.5 Å². The molecule has 2 aliphatic heterocycles. The minimum absolute atomic E-state index is 0.0324. The molecule has 2 aromatic carbocycles. The third kappa shape index (κ3) is 6.77. The first-order valence-corrected chi connectivity index (χ1v) is 13.3. The standard InChI is InChI=1S/C17H20N4O3.C9H12.2C2H6/c1-10-11-6-14(15(23-3)7-12(11)19-9-18-10)21-13-4-5-20(2)8-16(13)24-17(21)22;1-7-5-4-6-8(2)9(7)3;2*1-2/h6-7,9,13,16H,4-5,8H2,1-3H3;4-6H,1-3H3;2*1-2H3. The van der Waals surface area contributed by atoms with Gasteiger partial charge >= 0.3 is 6.09 Å². The van der Waals surface area contributed by atoms with Gasteiger partial charge < -0.3 is 14.4 Å². The first-order chi connectivity index (χ1) is 17.8. The molecule has 2 fully saturated rings. The largest absolute Gasteiger partial charge is 0.494 e. The van der Waals surface area contributed by atoms with Gasteiger partial charge in [0.15, 0.2) is 0 Å². The van der Waals surface area contributed by atoms with Crippen LogP contribution < -0.4 is 9.64 Å². The van der Waals surface area contributed by atoms with Crippen LogP contribution in [0.4, 0.5) is 10.5 Å². The highest BCUT2D eigenvalue weighted by atomic mass is 16.6. The van der Waals surface area contributed by atoms with Crippen molar-refractivity contribution in [3.05, 3.63) is 59.0 Å². The van der Waals surface area contributed by atoms with Crippen molar-refractivity contribution in [3.8, 4) is 5.75 Å². The number of amides is 1. The summed E-state index contributed by atoms with van der Waals surface area (Å²) >= 11 is 0. The molecule has 2 aliphatic rings. The molecule has 0 aliphatic carbocycles. The molecule has 7 heteroatoms. The van der Waals surface area contributed by atoms with Crippen LogP contribution in [-0.4, -0.2) is 60.4 Å². The van der Waals surface area contributed by atoms with Crippen LogP contribution in [0.15, 0.2) is 36.7 Å². The van der Waals surface area contributed by atoms with Crippen LogP contribution in [0.2, 0.25) is 0 Å². The maximum atomic E-state index is 12.5. The molecular formula is C30H44N4O3. The Morgan fingerprint density at radius 3 is 2.24 bits per heavy atom. The number of likely N-dealkylation sites (tertiary alicyclic amines) is 1. The molecule has 0 saturated carbocycles. The lowest BCUT2D eigenvalue weighted by Gasteiger charge is -2.33. The summed E-state index contributed by atoms with van der Waals surface area (Å²) in [5.41, 5.74) is 6.58. The number of methoxy groups -OCH3 is 1. The van der Waals surface area contributed by atoms with E-state index in [0.29, 0.717) is 5.75 Å². The maximum absolute atomic E-state index is 12.5. The van der Waals surface area contributed by atoms with E-state index in [4.69, 9.17) is 9.47 Å². The Hall–Kier alpha value is -3.19. The smallest absolute Gasteiger partial charge is 0.415 e. The average molecular weight is 509 g/mol. The van der Waals surface area contributed by atoms with E-state index in [1.54, 1.807) is 12.0 Å². The van der Waals surface area contributed by atoms with Crippen LogP contribution in [0.3, 0.4) is 0 Å². The van der Waals surface area contributed by atoms with Gasteiger partial charge in [0, 0.05) is 30.2 Å². The third-order valence-electron chi connectivity index (χ3n) is 6.78. The van der Waals surface area contributed by atoms with Crippen molar-refractivity contribution in [2.45, 2.75) is 74.0 Å². The maximum Gasteiger partial charge on any atom is 0.415 e. The first kappa shape index (κ1) is 30.0. The average Bonchev–Trinajstić information content (AvgIpc) is 3.24.